The minimum Gasteiger partial charge on any atom is -0.352 e. The Hall–Kier alpha value is -3.65. The molecular formula is C31H39N3O4S. The van der Waals surface area contributed by atoms with Crippen LogP contribution >= 0.6 is 0 Å². The van der Waals surface area contributed by atoms with E-state index in [0.29, 0.717) is 18.5 Å². The van der Waals surface area contributed by atoms with E-state index in [9.17, 15) is 18.0 Å². The molecule has 8 heteroatoms. The van der Waals surface area contributed by atoms with Gasteiger partial charge in [-0.15, -0.1) is 0 Å². The molecule has 208 valence electrons. The van der Waals surface area contributed by atoms with Crippen molar-refractivity contribution in [3.05, 3.63) is 102 Å². The first-order chi connectivity index (χ1) is 18.5. The summed E-state index contributed by atoms with van der Waals surface area (Å²) in [7, 11) is -3.54. The fourth-order valence-corrected chi connectivity index (χ4v) is 5.40. The van der Waals surface area contributed by atoms with Crippen LogP contribution in [-0.4, -0.2) is 50.0 Å². The molecule has 0 bridgehead atoms. The molecule has 0 aliphatic heterocycles. The maximum absolute atomic E-state index is 13.8. The van der Waals surface area contributed by atoms with Crippen molar-refractivity contribution in [2.75, 3.05) is 17.1 Å². The third-order valence-electron chi connectivity index (χ3n) is 6.37. The second-order valence-electron chi connectivity index (χ2n) is 10.2. The fourth-order valence-electron chi connectivity index (χ4n) is 4.43. The number of benzene rings is 3. The highest BCUT2D eigenvalue weighted by Crippen LogP contribution is 2.20. The van der Waals surface area contributed by atoms with Crippen molar-refractivity contribution in [1.82, 2.24) is 10.2 Å². The van der Waals surface area contributed by atoms with Gasteiger partial charge < -0.3 is 10.2 Å². The molecule has 0 heterocycles. The van der Waals surface area contributed by atoms with Crippen LogP contribution in [0.15, 0.2) is 84.9 Å². The number of hydrogen-bond donors (Lipinski definition) is 1. The van der Waals surface area contributed by atoms with Crippen LogP contribution in [0.2, 0.25) is 0 Å². The first-order valence-electron chi connectivity index (χ1n) is 13.3. The number of sulfonamides is 1. The zero-order chi connectivity index (χ0) is 28.4. The summed E-state index contributed by atoms with van der Waals surface area (Å²) in [5.41, 5.74) is 3.46. The summed E-state index contributed by atoms with van der Waals surface area (Å²) in [5, 5.41) is 2.98. The topological polar surface area (TPSA) is 86.8 Å². The van der Waals surface area contributed by atoms with Crippen LogP contribution in [0.4, 0.5) is 5.69 Å². The Morgan fingerprint density at radius 1 is 0.846 bits per heavy atom. The predicted molar refractivity (Wildman–Crippen MR) is 157 cm³/mol. The summed E-state index contributed by atoms with van der Waals surface area (Å²) in [6, 6.07) is 25.7. The van der Waals surface area contributed by atoms with Crippen molar-refractivity contribution >= 4 is 27.5 Å². The highest BCUT2D eigenvalue weighted by molar-refractivity contribution is 7.92. The minimum absolute atomic E-state index is 0.0812. The standard InChI is InChI=1S/C31H39N3O4S/c1-24(2)32-31(36)29(22-26-12-7-5-8-13-26)33(23-27-14-9-6-10-15-27)30(35)16-11-21-34(39(4,37)38)28-19-17-25(3)18-20-28/h5-10,12-15,17-20,24,29H,11,16,21-23H2,1-4H3,(H,32,36)/t29-/m1/s1. The van der Waals surface area contributed by atoms with Crippen molar-refractivity contribution < 1.29 is 18.0 Å². The average Bonchev–Trinajstić information content (AvgIpc) is 2.89. The van der Waals surface area contributed by atoms with Crippen LogP contribution in [0.1, 0.15) is 43.4 Å². The van der Waals surface area contributed by atoms with Gasteiger partial charge in [0.15, 0.2) is 0 Å². The maximum atomic E-state index is 13.8. The quantitative estimate of drug-likeness (QED) is 0.335. The monoisotopic (exact) mass is 549 g/mol. The number of nitrogens with one attached hydrogen (secondary N) is 1. The van der Waals surface area contributed by atoms with Crippen molar-refractivity contribution in [3.63, 3.8) is 0 Å². The Labute approximate surface area is 232 Å². The second kappa shape index (κ2) is 13.9. The van der Waals surface area contributed by atoms with E-state index in [1.807, 2.05) is 93.6 Å². The zero-order valence-corrected chi connectivity index (χ0v) is 24.0. The Bertz CT molecular complexity index is 1310. The van der Waals surface area contributed by atoms with Gasteiger partial charge >= 0.3 is 0 Å². The number of hydrogen-bond acceptors (Lipinski definition) is 4. The van der Waals surface area contributed by atoms with Crippen molar-refractivity contribution in [1.29, 1.82) is 0 Å². The second-order valence-corrected chi connectivity index (χ2v) is 12.1. The average molecular weight is 550 g/mol. The van der Waals surface area contributed by atoms with Crippen molar-refractivity contribution in [3.8, 4) is 0 Å². The lowest BCUT2D eigenvalue weighted by molar-refractivity contribution is -0.141. The third-order valence-corrected chi connectivity index (χ3v) is 7.57. The summed E-state index contributed by atoms with van der Waals surface area (Å²) in [6.45, 7) is 6.16. The van der Waals surface area contributed by atoms with Gasteiger partial charge in [0, 0.05) is 32.0 Å². The van der Waals surface area contributed by atoms with E-state index in [0.717, 1.165) is 16.7 Å². The smallest absolute Gasteiger partial charge is 0.243 e. The Balaban J connectivity index is 1.85. The molecule has 7 nitrogen and oxygen atoms in total. The van der Waals surface area contributed by atoms with Gasteiger partial charge in [-0.05, 0) is 50.5 Å². The summed E-state index contributed by atoms with van der Waals surface area (Å²) in [6.07, 6.45) is 1.96. The molecule has 3 aromatic rings. The van der Waals surface area contributed by atoms with Crippen LogP contribution in [0.3, 0.4) is 0 Å². The van der Waals surface area contributed by atoms with Gasteiger partial charge in [0.05, 0.1) is 11.9 Å². The van der Waals surface area contributed by atoms with Crippen LogP contribution in [0.25, 0.3) is 0 Å². The van der Waals surface area contributed by atoms with E-state index < -0.39 is 16.1 Å². The number of carbonyl (C=O) groups is 2. The molecule has 3 aromatic carbocycles. The van der Waals surface area contributed by atoms with E-state index >= 15 is 0 Å². The molecule has 0 saturated heterocycles. The molecule has 1 atom stereocenters. The maximum Gasteiger partial charge on any atom is 0.243 e. The summed E-state index contributed by atoms with van der Waals surface area (Å²) < 4.78 is 26.4. The van der Waals surface area contributed by atoms with Crippen LogP contribution in [0.5, 0.6) is 0 Å². The number of carbonyl (C=O) groups excluding carboxylic acids is 2. The molecule has 0 spiro atoms. The van der Waals surface area contributed by atoms with Crippen molar-refractivity contribution in [2.24, 2.45) is 0 Å². The van der Waals surface area contributed by atoms with E-state index in [-0.39, 0.29) is 37.4 Å². The highest BCUT2D eigenvalue weighted by atomic mass is 32.2. The first-order valence-corrected chi connectivity index (χ1v) is 15.1. The van der Waals surface area contributed by atoms with E-state index in [2.05, 4.69) is 5.32 Å². The SMILES string of the molecule is Cc1ccc(N(CCCC(=O)N(Cc2ccccc2)[C@H](Cc2ccccc2)C(=O)NC(C)C)S(C)(=O)=O)cc1. The first kappa shape index (κ1) is 29.9. The van der Waals surface area contributed by atoms with Gasteiger partial charge in [-0.1, -0.05) is 78.4 Å². The lowest BCUT2D eigenvalue weighted by Gasteiger charge is -2.32. The molecular weight excluding hydrogens is 510 g/mol. The molecule has 39 heavy (non-hydrogen) atoms. The molecule has 0 saturated carbocycles. The summed E-state index contributed by atoms with van der Waals surface area (Å²) in [5.74, 6) is -0.411. The number of amides is 2. The van der Waals surface area contributed by atoms with Gasteiger partial charge in [0.2, 0.25) is 21.8 Å². The lowest BCUT2D eigenvalue weighted by atomic mass is 10.0. The zero-order valence-electron chi connectivity index (χ0n) is 23.2. The summed E-state index contributed by atoms with van der Waals surface area (Å²) in [4.78, 5) is 28.8. The molecule has 3 rings (SSSR count). The number of aryl methyl sites for hydroxylation is 1. The highest BCUT2D eigenvalue weighted by Gasteiger charge is 2.30. The minimum atomic E-state index is -3.54. The predicted octanol–water partition coefficient (Wildman–Crippen LogP) is 4.71. The number of nitrogens with zero attached hydrogens (tertiary/aromatic N) is 2. The largest absolute Gasteiger partial charge is 0.352 e. The molecule has 0 aromatic heterocycles. The third kappa shape index (κ3) is 9.25. The van der Waals surface area contributed by atoms with Gasteiger partial charge in [-0.2, -0.15) is 0 Å². The molecule has 1 N–H and O–H groups in total. The van der Waals surface area contributed by atoms with E-state index in [1.165, 1.54) is 10.6 Å². The Morgan fingerprint density at radius 2 is 1.41 bits per heavy atom. The molecule has 2 amide bonds. The van der Waals surface area contributed by atoms with Crippen LogP contribution < -0.4 is 9.62 Å². The van der Waals surface area contributed by atoms with E-state index in [1.54, 1.807) is 17.0 Å². The Kier molecular flexibility index (Phi) is 10.7. The molecule has 0 unspecified atom stereocenters. The number of rotatable bonds is 13. The van der Waals surface area contributed by atoms with Gasteiger partial charge in [-0.25, -0.2) is 8.42 Å². The van der Waals surface area contributed by atoms with Crippen LogP contribution in [-0.2, 0) is 32.6 Å². The van der Waals surface area contributed by atoms with Crippen molar-refractivity contribution in [2.45, 2.75) is 58.7 Å². The van der Waals surface area contributed by atoms with Gasteiger partial charge in [0.1, 0.15) is 6.04 Å². The lowest BCUT2D eigenvalue weighted by Crippen LogP contribution is -2.51. The van der Waals surface area contributed by atoms with E-state index in [4.69, 9.17) is 0 Å². The Morgan fingerprint density at radius 3 is 1.95 bits per heavy atom. The molecule has 0 aliphatic carbocycles. The number of anilines is 1. The van der Waals surface area contributed by atoms with Crippen LogP contribution in [0, 0.1) is 6.92 Å². The fraction of sp³-hybridized carbons (Fsp3) is 0.355. The summed E-state index contributed by atoms with van der Waals surface area (Å²) >= 11 is 0. The molecule has 0 radical (unpaired) electrons. The molecule has 0 fully saturated rings. The molecule has 0 aliphatic rings. The van der Waals surface area contributed by atoms with Gasteiger partial charge in [0.25, 0.3) is 0 Å². The van der Waals surface area contributed by atoms with Gasteiger partial charge in [-0.3, -0.25) is 13.9 Å². The normalized spacial score (nSPS) is 12.1.